The molecule has 2 unspecified atom stereocenters. The molecule has 5 nitrogen and oxygen atoms in total. The van der Waals surface area contributed by atoms with Crippen LogP contribution < -0.4 is 5.32 Å². The van der Waals surface area contributed by atoms with Crippen LogP contribution in [-0.2, 0) is 35.2 Å². The Labute approximate surface area is 205 Å². The molecule has 184 valence electrons. The van der Waals surface area contributed by atoms with Crippen molar-refractivity contribution in [2.75, 3.05) is 19.6 Å². The van der Waals surface area contributed by atoms with E-state index in [1.54, 1.807) is 16.2 Å². The Balaban J connectivity index is 1.27. The molecule has 2 fully saturated rings. The van der Waals surface area contributed by atoms with Crippen LogP contribution in [0.2, 0.25) is 0 Å². The molecular formula is C26H26F3N3O2S. The Hall–Kier alpha value is -2.91. The van der Waals surface area contributed by atoms with E-state index in [9.17, 15) is 22.8 Å². The monoisotopic (exact) mass is 501 g/mol. The van der Waals surface area contributed by atoms with Crippen LogP contribution >= 0.6 is 11.3 Å². The van der Waals surface area contributed by atoms with Gasteiger partial charge < -0.3 is 10.2 Å². The van der Waals surface area contributed by atoms with Crippen molar-refractivity contribution in [2.45, 2.75) is 44.6 Å². The van der Waals surface area contributed by atoms with Gasteiger partial charge in [0.15, 0.2) is 0 Å². The lowest BCUT2D eigenvalue weighted by Crippen LogP contribution is -2.69. The fourth-order valence-corrected chi connectivity index (χ4v) is 6.19. The zero-order chi connectivity index (χ0) is 24.7. The number of aryl methyl sites for hydroxylation is 1. The number of alkyl halides is 3. The molecule has 2 aliphatic heterocycles. The van der Waals surface area contributed by atoms with Crippen molar-refractivity contribution in [3.8, 4) is 0 Å². The second kappa shape index (κ2) is 9.28. The first-order valence-corrected chi connectivity index (χ1v) is 12.5. The molecule has 2 amide bonds. The van der Waals surface area contributed by atoms with Gasteiger partial charge in [0.25, 0.3) is 0 Å². The topological polar surface area (TPSA) is 52.6 Å². The van der Waals surface area contributed by atoms with Gasteiger partial charge in [0.1, 0.15) is 12.1 Å². The lowest BCUT2D eigenvalue weighted by Gasteiger charge is -2.45. The molecule has 3 aromatic rings. The van der Waals surface area contributed by atoms with Gasteiger partial charge in [-0.3, -0.25) is 14.5 Å². The summed E-state index contributed by atoms with van der Waals surface area (Å²) in [5, 5.41) is 4.06. The predicted molar refractivity (Wildman–Crippen MR) is 129 cm³/mol. The fourth-order valence-electron chi connectivity index (χ4n) is 5.04. The lowest BCUT2D eigenvalue weighted by atomic mass is 9.97. The molecule has 35 heavy (non-hydrogen) atoms. The summed E-state index contributed by atoms with van der Waals surface area (Å²) in [4.78, 5) is 31.3. The maximum Gasteiger partial charge on any atom is 0.416 e. The standard InChI is InChI=1S/C26H26F3N3O2S/c1-2-22-19(18-5-3-4-6-23(18)35-22)14-31-11-12-32-21(15-31)24(33)30-20(25(32)34)13-16-7-9-17(10-8-16)26(27,28)29/h3-10,20-21H,2,11-15H2,1H3,(H,30,33). The Morgan fingerprint density at radius 1 is 1.06 bits per heavy atom. The Morgan fingerprint density at radius 2 is 1.80 bits per heavy atom. The van der Waals surface area contributed by atoms with Gasteiger partial charge in [0.05, 0.1) is 5.56 Å². The molecule has 2 saturated heterocycles. The van der Waals surface area contributed by atoms with Crippen LogP contribution in [0.4, 0.5) is 13.2 Å². The molecule has 0 spiro atoms. The van der Waals surface area contributed by atoms with Gasteiger partial charge in [-0.05, 0) is 41.1 Å². The van der Waals surface area contributed by atoms with Gasteiger partial charge in [0, 0.05) is 42.2 Å². The lowest BCUT2D eigenvalue weighted by molar-refractivity contribution is -0.153. The van der Waals surface area contributed by atoms with Crippen molar-refractivity contribution >= 4 is 33.2 Å². The highest BCUT2D eigenvalue weighted by atomic mass is 32.1. The maximum atomic E-state index is 13.1. The van der Waals surface area contributed by atoms with Crippen LogP contribution in [0.15, 0.2) is 48.5 Å². The maximum absolute atomic E-state index is 13.1. The summed E-state index contributed by atoms with van der Waals surface area (Å²) < 4.78 is 39.7. The summed E-state index contributed by atoms with van der Waals surface area (Å²) in [6.07, 6.45) is -3.30. The Bertz CT molecular complexity index is 1250. The third-order valence-electron chi connectivity index (χ3n) is 6.87. The number of nitrogens with zero attached hydrogens (tertiary/aromatic N) is 2. The molecule has 0 aliphatic carbocycles. The molecule has 2 aromatic carbocycles. The largest absolute Gasteiger partial charge is 0.416 e. The zero-order valence-electron chi connectivity index (χ0n) is 19.3. The fraction of sp³-hybridized carbons (Fsp3) is 0.385. The molecule has 9 heteroatoms. The van der Waals surface area contributed by atoms with E-state index >= 15 is 0 Å². The SMILES string of the molecule is CCc1sc2ccccc2c1CN1CCN2C(=O)C(Cc3ccc(C(F)(F)F)cc3)NC(=O)C2C1. The molecule has 1 N–H and O–H groups in total. The smallest absolute Gasteiger partial charge is 0.342 e. The van der Waals surface area contributed by atoms with Crippen molar-refractivity contribution in [3.05, 3.63) is 70.1 Å². The molecule has 3 heterocycles. The minimum Gasteiger partial charge on any atom is -0.342 e. The van der Waals surface area contributed by atoms with Crippen LogP contribution in [0.1, 0.15) is 28.5 Å². The summed E-state index contributed by atoms with van der Waals surface area (Å²) in [5.74, 6) is -0.388. The van der Waals surface area contributed by atoms with Gasteiger partial charge in [-0.1, -0.05) is 37.3 Å². The molecule has 5 rings (SSSR count). The zero-order valence-corrected chi connectivity index (χ0v) is 20.1. The van der Waals surface area contributed by atoms with Crippen LogP contribution in [0.3, 0.4) is 0 Å². The molecule has 1 aromatic heterocycles. The minimum absolute atomic E-state index is 0.163. The summed E-state index contributed by atoms with van der Waals surface area (Å²) in [6, 6.07) is 11.8. The van der Waals surface area contributed by atoms with E-state index in [1.807, 2.05) is 12.1 Å². The average Bonchev–Trinajstić information content (AvgIpc) is 3.19. The Kier molecular flexibility index (Phi) is 6.31. The van der Waals surface area contributed by atoms with E-state index in [0.717, 1.165) is 25.1 Å². The molecule has 0 saturated carbocycles. The van der Waals surface area contributed by atoms with Crippen molar-refractivity contribution in [3.63, 3.8) is 0 Å². The number of nitrogens with one attached hydrogen (secondary N) is 1. The molecule has 0 radical (unpaired) electrons. The second-order valence-corrected chi connectivity index (χ2v) is 10.2. The van der Waals surface area contributed by atoms with Gasteiger partial charge in [0.2, 0.25) is 11.8 Å². The first kappa shape index (κ1) is 23.8. The van der Waals surface area contributed by atoms with Crippen molar-refractivity contribution in [1.29, 1.82) is 0 Å². The van der Waals surface area contributed by atoms with Crippen molar-refractivity contribution < 1.29 is 22.8 Å². The van der Waals surface area contributed by atoms with E-state index < -0.39 is 23.8 Å². The number of carbonyl (C=O) groups is 2. The van der Waals surface area contributed by atoms with Crippen LogP contribution in [0.5, 0.6) is 0 Å². The number of hydrogen-bond donors (Lipinski definition) is 1. The van der Waals surface area contributed by atoms with Gasteiger partial charge in [-0.15, -0.1) is 11.3 Å². The summed E-state index contributed by atoms with van der Waals surface area (Å²) >= 11 is 1.81. The quantitative estimate of drug-likeness (QED) is 0.569. The van der Waals surface area contributed by atoms with E-state index in [4.69, 9.17) is 0 Å². The van der Waals surface area contributed by atoms with E-state index in [1.165, 1.54) is 32.7 Å². The Morgan fingerprint density at radius 3 is 2.51 bits per heavy atom. The number of piperazine rings is 2. The molecule has 2 aliphatic rings. The number of thiophene rings is 1. The number of carbonyl (C=O) groups excluding carboxylic acids is 2. The minimum atomic E-state index is -4.41. The number of hydrogen-bond acceptors (Lipinski definition) is 4. The van der Waals surface area contributed by atoms with Crippen LogP contribution in [0, 0.1) is 0 Å². The summed E-state index contributed by atoms with van der Waals surface area (Å²) in [5.41, 5.74) is 1.13. The van der Waals surface area contributed by atoms with E-state index in [0.29, 0.717) is 25.2 Å². The predicted octanol–water partition coefficient (Wildman–Crippen LogP) is 4.24. The molecule has 2 atom stereocenters. The number of benzene rings is 2. The van der Waals surface area contributed by atoms with E-state index in [2.05, 4.69) is 29.3 Å². The number of fused-ring (bicyclic) bond motifs is 2. The molecular weight excluding hydrogens is 475 g/mol. The van der Waals surface area contributed by atoms with Gasteiger partial charge in [-0.2, -0.15) is 13.2 Å². The van der Waals surface area contributed by atoms with Crippen LogP contribution in [-0.4, -0.2) is 53.3 Å². The van der Waals surface area contributed by atoms with Gasteiger partial charge in [-0.25, -0.2) is 0 Å². The third kappa shape index (κ3) is 4.67. The third-order valence-corrected chi connectivity index (χ3v) is 8.23. The van der Waals surface area contributed by atoms with Crippen LogP contribution in [0.25, 0.3) is 10.1 Å². The normalized spacial score (nSPS) is 21.3. The number of rotatable bonds is 5. The van der Waals surface area contributed by atoms with Gasteiger partial charge >= 0.3 is 6.18 Å². The highest BCUT2D eigenvalue weighted by Gasteiger charge is 2.43. The number of amides is 2. The second-order valence-electron chi connectivity index (χ2n) is 9.10. The number of halogens is 3. The van der Waals surface area contributed by atoms with E-state index in [-0.39, 0.29) is 18.2 Å². The summed E-state index contributed by atoms with van der Waals surface area (Å²) in [7, 11) is 0. The highest BCUT2D eigenvalue weighted by Crippen LogP contribution is 2.33. The van der Waals surface area contributed by atoms with Crippen molar-refractivity contribution in [2.24, 2.45) is 0 Å². The summed E-state index contributed by atoms with van der Waals surface area (Å²) in [6.45, 7) is 4.45. The first-order valence-electron chi connectivity index (χ1n) is 11.7. The average molecular weight is 502 g/mol. The van der Waals surface area contributed by atoms with Crippen molar-refractivity contribution in [1.82, 2.24) is 15.1 Å². The first-order chi connectivity index (χ1) is 16.7. The molecule has 0 bridgehead atoms. The highest BCUT2D eigenvalue weighted by molar-refractivity contribution is 7.19.